The van der Waals surface area contributed by atoms with Crippen molar-refractivity contribution in [2.75, 3.05) is 25.5 Å². The quantitative estimate of drug-likeness (QED) is 0.661. The van der Waals surface area contributed by atoms with E-state index in [0.717, 1.165) is 30.0 Å². The van der Waals surface area contributed by atoms with Gasteiger partial charge in [0.05, 0.1) is 13.0 Å². The van der Waals surface area contributed by atoms with Crippen LogP contribution < -0.4 is 14.8 Å². The number of carbonyl (C=O) groups is 1. The number of aromatic nitrogens is 2. The van der Waals surface area contributed by atoms with E-state index in [4.69, 9.17) is 13.9 Å². The summed E-state index contributed by atoms with van der Waals surface area (Å²) in [5, 5.41) is 11.2. The van der Waals surface area contributed by atoms with Crippen LogP contribution in [0.25, 0.3) is 0 Å². The molecule has 1 N–H and O–H groups in total. The molecular weight excluding hydrogens is 384 g/mol. The number of hydrogen-bond donors (Lipinski definition) is 1. The Balaban J connectivity index is 1.33. The van der Waals surface area contributed by atoms with Crippen molar-refractivity contribution in [2.24, 2.45) is 0 Å². The fourth-order valence-electron chi connectivity index (χ4n) is 3.39. The minimum Gasteiger partial charge on any atom is -0.497 e. The lowest BCUT2D eigenvalue weighted by Crippen LogP contribution is -2.41. The molecule has 2 heterocycles. The summed E-state index contributed by atoms with van der Waals surface area (Å²) in [4.78, 5) is 14.4. The van der Waals surface area contributed by atoms with Gasteiger partial charge in [-0.2, -0.15) is 0 Å². The molecule has 1 aliphatic rings. The van der Waals surface area contributed by atoms with Crippen LogP contribution in [0.5, 0.6) is 11.5 Å². The third kappa shape index (κ3) is 4.89. The largest absolute Gasteiger partial charge is 0.497 e. The molecule has 1 aromatic heterocycles. The Morgan fingerprint density at radius 2 is 1.93 bits per heavy atom. The predicted octanol–water partition coefficient (Wildman–Crippen LogP) is 4.07. The molecule has 4 rings (SSSR count). The van der Waals surface area contributed by atoms with E-state index in [1.54, 1.807) is 12.0 Å². The third-order valence-corrected chi connectivity index (χ3v) is 4.99. The van der Waals surface area contributed by atoms with E-state index in [1.165, 1.54) is 0 Å². The van der Waals surface area contributed by atoms with Gasteiger partial charge in [0, 0.05) is 18.8 Å². The standard InChI is InChI=1S/C22H24N4O4/c1-28-18-11-9-17(10-12-18)23-22(27)26-13-5-6-16(14-26)21-25-24-20(30-21)15-29-19-7-3-2-4-8-19/h2-4,7-12,16H,5-6,13-15H2,1H3,(H,23,27). The summed E-state index contributed by atoms with van der Waals surface area (Å²) in [5.41, 5.74) is 0.723. The van der Waals surface area contributed by atoms with Crippen LogP contribution in [0.3, 0.4) is 0 Å². The van der Waals surface area contributed by atoms with Crippen molar-refractivity contribution in [3.05, 3.63) is 66.4 Å². The summed E-state index contributed by atoms with van der Waals surface area (Å²) in [6.07, 6.45) is 1.77. The van der Waals surface area contributed by atoms with Gasteiger partial charge in [-0.15, -0.1) is 10.2 Å². The first-order valence-electron chi connectivity index (χ1n) is 9.91. The van der Waals surface area contributed by atoms with E-state index in [0.29, 0.717) is 24.9 Å². The first-order valence-corrected chi connectivity index (χ1v) is 9.91. The Hall–Kier alpha value is -3.55. The predicted molar refractivity (Wildman–Crippen MR) is 111 cm³/mol. The Morgan fingerprint density at radius 1 is 1.13 bits per heavy atom. The summed E-state index contributed by atoms with van der Waals surface area (Å²) in [5.74, 6) is 2.47. The molecule has 3 aromatic rings. The van der Waals surface area contributed by atoms with Crippen LogP contribution in [-0.2, 0) is 6.61 Å². The van der Waals surface area contributed by atoms with Gasteiger partial charge in [-0.3, -0.25) is 0 Å². The highest BCUT2D eigenvalue weighted by Gasteiger charge is 2.28. The highest BCUT2D eigenvalue weighted by atomic mass is 16.5. The number of ether oxygens (including phenoxy) is 2. The molecular formula is C22H24N4O4. The molecule has 2 aromatic carbocycles. The summed E-state index contributed by atoms with van der Waals surface area (Å²) in [6, 6.07) is 16.6. The highest BCUT2D eigenvalue weighted by molar-refractivity contribution is 5.89. The van der Waals surface area contributed by atoms with Crippen molar-refractivity contribution >= 4 is 11.7 Å². The van der Waals surface area contributed by atoms with E-state index < -0.39 is 0 Å². The number of nitrogens with zero attached hydrogens (tertiary/aromatic N) is 3. The van der Waals surface area contributed by atoms with Crippen LogP contribution in [0.15, 0.2) is 59.0 Å². The van der Waals surface area contributed by atoms with Gasteiger partial charge in [0.15, 0.2) is 6.61 Å². The van der Waals surface area contributed by atoms with Crippen molar-refractivity contribution in [3.8, 4) is 11.5 Å². The average molecular weight is 408 g/mol. The summed E-state index contributed by atoms with van der Waals surface area (Å²) < 4.78 is 16.6. The van der Waals surface area contributed by atoms with Crippen molar-refractivity contribution < 1.29 is 18.7 Å². The number of methoxy groups -OCH3 is 1. The number of urea groups is 1. The molecule has 1 saturated heterocycles. The van der Waals surface area contributed by atoms with Gasteiger partial charge in [0.1, 0.15) is 11.5 Å². The first-order chi connectivity index (χ1) is 14.7. The van der Waals surface area contributed by atoms with Gasteiger partial charge in [-0.25, -0.2) is 4.79 Å². The maximum absolute atomic E-state index is 12.7. The molecule has 0 radical (unpaired) electrons. The summed E-state index contributed by atoms with van der Waals surface area (Å²) >= 11 is 0. The second-order valence-corrected chi connectivity index (χ2v) is 7.08. The minimum absolute atomic E-state index is 0.0124. The SMILES string of the molecule is COc1ccc(NC(=O)N2CCCC(c3nnc(COc4ccccc4)o3)C2)cc1. The monoisotopic (exact) mass is 408 g/mol. The molecule has 0 aliphatic carbocycles. The number of hydrogen-bond acceptors (Lipinski definition) is 6. The molecule has 0 spiro atoms. The number of rotatable bonds is 6. The van der Waals surface area contributed by atoms with E-state index in [-0.39, 0.29) is 18.6 Å². The second-order valence-electron chi connectivity index (χ2n) is 7.08. The van der Waals surface area contributed by atoms with E-state index >= 15 is 0 Å². The zero-order valence-corrected chi connectivity index (χ0v) is 16.8. The normalized spacial score (nSPS) is 16.2. The lowest BCUT2D eigenvalue weighted by molar-refractivity contribution is 0.184. The molecule has 1 unspecified atom stereocenters. The Morgan fingerprint density at radius 3 is 2.70 bits per heavy atom. The molecule has 156 valence electrons. The molecule has 1 aliphatic heterocycles. The topological polar surface area (TPSA) is 89.7 Å². The molecule has 8 heteroatoms. The van der Waals surface area contributed by atoms with Gasteiger partial charge in [0.2, 0.25) is 5.89 Å². The smallest absolute Gasteiger partial charge is 0.321 e. The lowest BCUT2D eigenvalue weighted by atomic mass is 9.98. The molecule has 1 atom stereocenters. The van der Waals surface area contributed by atoms with E-state index in [9.17, 15) is 4.79 Å². The second kappa shape index (κ2) is 9.30. The average Bonchev–Trinajstić information content (AvgIpc) is 3.28. The molecule has 30 heavy (non-hydrogen) atoms. The number of benzene rings is 2. The van der Waals surface area contributed by atoms with Gasteiger partial charge in [-0.05, 0) is 49.2 Å². The number of carbonyl (C=O) groups excluding carboxylic acids is 1. The molecule has 0 bridgehead atoms. The molecule has 2 amide bonds. The minimum atomic E-state index is -0.142. The van der Waals surface area contributed by atoms with E-state index in [1.807, 2.05) is 54.6 Å². The number of piperidine rings is 1. The number of amides is 2. The van der Waals surface area contributed by atoms with E-state index in [2.05, 4.69) is 15.5 Å². The number of likely N-dealkylation sites (tertiary alicyclic amines) is 1. The first kappa shape index (κ1) is 19.8. The Labute approximate surface area is 174 Å². The lowest BCUT2D eigenvalue weighted by Gasteiger charge is -2.31. The molecule has 1 fully saturated rings. The van der Waals surface area contributed by atoms with Crippen molar-refractivity contribution in [2.45, 2.75) is 25.4 Å². The van der Waals surface area contributed by atoms with Gasteiger partial charge < -0.3 is 24.1 Å². The summed E-state index contributed by atoms with van der Waals surface area (Å²) in [7, 11) is 1.61. The van der Waals surface area contributed by atoms with Crippen LogP contribution in [0, 0.1) is 0 Å². The Kier molecular flexibility index (Phi) is 6.12. The fraction of sp³-hybridized carbons (Fsp3) is 0.318. The third-order valence-electron chi connectivity index (χ3n) is 4.99. The van der Waals surface area contributed by atoms with Crippen LogP contribution in [0.2, 0.25) is 0 Å². The maximum atomic E-state index is 12.7. The number of nitrogens with one attached hydrogen (secondary N) is 1. The van der Waals surface area contributed by atoms with Crippen molar-refractivity contribution in [3.63, 3.8) is 0 Å². The van der Waals surface area contributed by atoms with Gasteiger partial charge in [0.25, 0.3) is 5.89 Å². The Bertz CT molecular complexity index is 959. The maximum Gasteiger partial charge on any atom is 0.321 e. The van der Waals surface area contributed by atoms with Crippen LogP contribution in [0.4, 0.5) is 10.5 Å². The number of anilines is 1. The zero-order chi connectivity index (χ0) is 20.8. The fourth-order valence-corrected chi connectivity index (χ4v) is 3.39. The molecule has 0 saturated carbocycles. The van der Waals surface area contributed by atoms with Crippen molar-refractivity contribution in [1.29, 1.82) is 0 Å². The van der Waals surface area contributed by atoms with Gasteiger partial charge in [-0.1, -0.05) is 18.2 Å². The van der Waals surface area contributed by atoms with Gasteiger partial charge >= 0.3 is 6.03 Å². The number of para-hydroxylation sites is 1. The van der Waals surface area contributed by atoms with Crippen LogP contribution in [-0.4, -0.2) is 41.3 Å². The molecule has 8 nitrogen and oxygen atoms in total. The summed E-state index contributed by atoms with van der Waals surface area (Å²) in [6.45, 7) is 1.44. The van der Waals surface area contributed by atoms with Crippen LogP contribution in [0.1, 0.15) is 30.5 Å². The van der Waals surface area contributed by atoms with Crippen LogP contribution >= 0.6 is 0 Å². The highest BCUT2D eigenvalue weighted by Crippen LogP contribution is 2.27. The zero-order valence-electron chi connectivity index (χ0n) is 16.8. The van der Waals surface area contributed by atoms with Crippen molar-refractivity contribution in [1.82, 2.24) is 15.1 Å².